The zero-order chi connectivity index (χ0) is 19.5. The van der Waals surface area contributed by atoms with E-state index in [0.29, 0.717) is 6.54 Å². The molecule has 0 unspecified atom stereocenters. The number of likely N-dealkylation sites (tertiary alicyclic amines) is 1. The Balaban J connectivity index is 1.30. The number of carbonyl (C=O) groups excluding carboxylic acids is 1. The molecule has 148 valence electrons. The summed E-state index contributed by atoms with van der Waals surface area (Å²) in [4.78, 5) is 25.0. The van der Waals surface area contributed by atoms with Gasteiger partial charge in [-0.15, -0.1) is 0 Å². The Labute approximate surface area is 168 Å². The predicted molar refractivity (Wildman–Crippen MR) is 105 cm³/mol. The van der Waals surface area contributed by atoms with Gasteiger partial charge in [0.2, 0.25) is 0 Å². The molecule has 1 amide bonds. The van der Waals surface area contributed by atoms with Gasteiger partial charge in [0.05, 0.1) is 6.04 Å². The first kappa shape index (κ1) is 19.1. The van der Waals surface area contributed by atoms with Crippen molar-refractivity contribution in [2.24, 2.45) is 0 Å². The molecule has 0 saturated carbocycles. The maximum absolute atomic E-state index is 13.0. The minimum absolute atomic E-state index is 0.0790. The average molecular weight is 402 g/mol. The molecule has 1 aromatic heterocycles. The largest absolute Gasteiger partial charge is 0.442 e. The summed E-state index contributed by atoms with van der Waals surface area (Å²) in [5.41, 5.74) is 2.14. The van der Waals surface area contributed by atoms with Crippen LogP contribution in [0.4, 0.5) is 9.18 Å². The van der Waals surface area contributed by atoms with Gasteiger partial charge in [-0.1, -0.05) is 23.9 Å². The van der Waals surface area contributed by atoms with Crippen LogP contribution in [0.2, 0.25) is 0 Å². The number of hydrogen-bond acceptors (Lipinski definition) is 6. The second kappa shape index (κ2) is 8.45. The van der Waals surface area contributed by atoms with Gasteiger partial charge < -0.3 is 9.64 Å². The Bertz CT molecular complexity index is 818. The second-order valence-electron chi connectivity index (χ2n) is 7.19. The molecule has 2 fully saturated rings. The van der Waals surface area contributed by atoms with Crippen molar-refractivity contribution < 1.29 is 13.9 Å². The lowest BCUT2D eigenvalue weighted by Gasteiger charge is -2.22. The van der Waals surface area contributed by atoms with Crippen LogP contribution in [-0.2, 0) is 17.7 Å². The molecule has 0 aliphatic carbocycles. The number of benzene rings is 1. The van der Waals surface area contributed by atoms with E-state index in [1.807, 2.05) is 23.5 Å². The van der Waals surface area contributed by atoms with Crippen molar-refractivity contribution in [3.63, 3.8) is 0 Å². The molecule has 0 bridgehead atoms. The van der Waals surface area contributed by atoms with Gasteiger partial charge in [-0.05, 0) is 36.8 Å². The van der Waals surface area contributed by atoms with E-state index < -0.39 is 0 Å². The fraction of sp³-hybridized carbons (Fsp3) is 0.450. The molecule has 6 nitrogen and oxygen atoms in total. The SMILES string of the molecule is CSc1ncc(CN2C[C@H]3OC(=O)N(CCCc4ccc(F)cc4)[C@H]3C2)cn1. The van der Waals surface area contributed by atoms with Crippen molar-refractivity contribution in [2.75, 3.05) is 25.9 Å². The van der Waals surface area contributed by atoms with Crippen LogP contribution in [0.15, 0.2) is 41.8 Å². The van der Waals surface area contributed by atoms with E-state index in [-0.39, 0.29) is 24.1 Å². The lowest BCUT2D eigenvalue weighted by Crippen LogP contribution is -2.38. The van der Waals surface area contributed by atoms with Crippen molar-refractivity contribution in [3.05, 3.63) is 53.6 Å². The number of nitrogens with zero attached hydrogens (tertiary/aromatic N) is 4. The van der Waals surface area contributed by atoms with E-state index in [2.05, 4.69) is 14.9 Å². The number of thioether (sulfide) groups is 1. The number of amides is 1. The third kappa shape index (κ3) is 4.28. The highest BCUT2D eigenvalue weighted by molar-refractivity contribution is 7.98. The first-order valence-electron chi connectivity index (χ1n) is 9.41. The van der Waals surface area contributed by atoms with Crippen LogP contribution in [0.1, 0.15) is 17.5 Å². The molecule has 2 aliphatic rings. The number of hydrogen-bond donors (Lipinski definition) is 0. The van der Waals surface area contributed by atoms with Crippen LogP contribution in [0.25, 0.3) is 0 Å². The number of halogens is 1. The molecule has 0 spiro atoms. The van der Waals surface area contributed by atoms with Gasteiger partial charge in [-0.3, -0.25) is 4.90 Å². The molecular formula is C20H23FN4O2S. The van der Waals surface area contributed by atoms with E-state index in [1.165, 1.54) is 23.9 Å². The molecule has 8 heteroatoms. The van der Waals surface area contributed by atoms with Crippen LogP contribution in [-0.4, -0.2) is 63.9 Å². The number of fused-ring (bicyclic) bond motifs is 1. The average Bonchev–Trinajstić information content (AvgIpc) is 3.21. The standard InChI is InChI=1S/C20H23FN4O2S/c1-28-19-22-9-15(10-23-19)11-24-12-17-18(13-24)27-20(26)25(17)8-2-3-14-4-6-16(21)7-5-14/h4-7,9-10,17-18H,2-3,8,11-13H2,1H3/t17-,18+/m0/s1. The number of ether oxygens (including phenoxy) is 1. The number of carbonyl (C=O) groups is 1. The predicted octanol–water partition coefficient (Wildman–Crippen LogP) is 2.98. The van der Waals surface area contributed by atoms with Gasteiger partial charge >= 0.3 is 6.09 Å². The van der Waals surface area contributed by atoms with Gasteiger partial charge in [0, 0.05) is 44.1 Å². The quantitative estimate of drug-likeness (QED) is 0.524. The fourth-order valence-electron chi connectivity index (χ4n) is 3.86. The van der Waals surface area contributed by atoms with Crippen molar-refractivity contribution in [1.82, 2.24) is 19.8 Å². The van der Waals surface area contributed by atoms with Gasteiger partial charge in [-0.2, -0.15) is 0 Å². The van der Waals surface area contributed by atoms with Crippen LogP contribution >= 0.6 is 11.8 Å². The summed E-state index contributed by atoms with van der Waals surface area (Å²) in [6.07, 6.45) is 7.01. The summed E-state index contributed by atoms with van der Waals surface area (Å²) in [7, 11) is 0. The number of aryl methyl sites for hydroxylation is 1. The number of rotatable bonds is 7. The molecule has 28 heavy (non-hydrogen) atoms. The lowest BCUT2D eigenvalue weighted by atomic mass is 10.1. The molecular weight excluding hydrogens is 379 g/mol. The summed E-state index contributed by atoms with van der Waals surface area (Å²) < 4.78 is 18.6. The maximum atomic E-state index is 13.0. The fourth-order valence-corrected chi connectivity index (χ4v) is 4.18. The van der Waals surface area contributed by atoms with Crippen LogP contribution < -0.4 is 0 Å². The van der Waals surface area contributed by atoms with E-state index in [1.54, 1.807) is 12.1 Å². The zero-order valence-corrected chi connectivity index (χ0v) is 16.6. The molecule has 2 atom stereocenters. The molecule has 4 rings (SSSR count). The Morgan fingerprint density at radius 3 is 2.64 bits per heavy atom. The highest BCUT2D eigenvalue weighted by atomic mass is 32.2. The summed E-state index contributed by atoms with van der Waals surface area (Å²) in [6, 6.07) is 6.62. The zero-order valence-electron chi connectivity index (χ0n) is 15.8. The van der Waals surface area contributed by atoms with Crippen LogP contribution in [0.3, 0.4) is 0 Å². The van der Waals surface area contributed by atoms with Gasteiger partial charge in [0.15, 0.2) is 5.16 Å². The first-order valence-corrected chi connectivity index (χ1v) is 10.6. The second-order valence-corrected chi connectivity index (χ2v) is 7.96. The van der Waals surface area contributed by atoms with Crippen molar-refractivity contribution in [2.45, 2.75) is 36.7 Å². The third-order valence-corrected chi connectivity index (χ3v) is 5.82. The molecule has 2 aromatic rings. The molecule has 1 aromatic carbocycles. The molecule has 0 N–H and O–H groups in total. The van der Waals surface area contributed by atoms with Crippen LogP contribution in [0.5, 0.6) is 0 Å². The summed E-state index contributed by atoms with van der Waals surface area (Å²) >= 11 is 1.52. The van der Waals surface area contributed by atoms with Crippen molar-refractivity contribution >= 4 is 17.9 Å². The monoisotopic (exact) mass is 402 g/mol. The molecule has 2 aliphatic heterocycles. The van der Waals surface area contributed by atoms with Gasteiger partial charge in [-0.25, -0.2) is 19.2 Å². The van der Waals surface area contributed by atoms with Crippen LogP contribution in [0, 0.1) is 5.82 Å². The topological polar surface area (TPSA) is 58.6 Å². The minimum Gasteiger partial charge on any atom is -0.442 e. The van der Waals surface area contributed by atoms with Gasteiger partial charge in [0.25, 0.3) is 0 Å². The highest BCUT2D eigenvalue weighted by Gasteiger charge is 2.47. The third-order valence-electron chi connectivity index (χ3n) is 5.25. The van der Waals surface area contributed by atoms with Gasteiger partial charge in [0.1, 0.15) is 11.9 Å². The summed E-state index contributed by atoms with van der Waals surface area (Å²) in [5.74, 6) is -0.228. The smallest absolute Gasteiger partial charge is 0.410 e. The Hall–Kier alpha value is -2.19. The lowest BCUT2D eigenvalue weighted by molar-refractivity contribution is 0.120. The molecule has 2 saturated heterocycles. The Kier molecular flexibility index (Phi) is 5.77. The Morgan fingerprint density at radius 2 is 1.93 bits per heavy atom. The highest BCUT2D eigenvalue weighted by Crippen LogP contribution is 2.28. The molecule has 3 heterocycles. The first-order chi connectivity index (χ1) is 13.6. The van der Waals surface area contributed by atoms with E-state index in [4.69, 9.17) is 4.74 Å². The summed E-state index contributed by atoms with van der Waals surface area (Å²) in [5, 5.41) is 0.767. The minimum atomic E-state index is -0.228. The number of aromatic nitrogens is 2. The van der Waals surface area contributed by atoms with E-state index in [9.17, 15) is 9.18 Å². The molecule has 0 radical (unpaired) electrons. The van der Waals surface area contributed by atoms with Crippen molar-refractivity contribution in [1.29, 1.82) is 0 Å². The van der Waals surface area contributed by atoms with Crippen molar-refractivity contribution in [3.8, 4) is 0 Å². The van der Waals surface area contributed by atoms with E-state index in [0.717, 1.165) is 48.8 Å². The summed E-state index contributed by atoms with van der Waals surface area (Å²) in [6.45, 7) is 2.92. The Morgan fingerprint density at radius 1 is 1.18 bits per heavy atom. The normalized spacial score (nSPS) is 21.8. The van der Waals surface area contributed by atoms with E-state index >= 15 is 0 Å². The maximum Gasteiger partial charge on any atom is 0.410 e.